The van der Waals surface area contributed by atoms with Gasteiger partial charge in [0.2, 0.25) is 5.91 Å². The van der Waals surface area contributed by atoms with Crippen LogP contribution in [0.2, 0.25) is 0 Å². The largest absolute Gasteiger partial charge is 0.497 e. The van der Waals surface area contributed by atoms with Crippen molar-refractivity contribution in [3.05, 3.63) is 59.7 Å². The molecule has 2 rings (SSSR count). The number of aryl methyl sites for hydroxylation is 2. The summed E-state index contributed by atoms with van der Waals surface area (Å²) in [5, 5.41) is 2.98. The Morgan fingerprint density at radius 1 is 0.958 bits per heavy atom. The zero-order valence-corrected chi connectivity index (χ0v) is 14.4. The molecule has 0 aliphatic carbocycles. The molecule has 128 valence electrons. The van der Waals surface area contributed by atoms with Crippen molar-refractivity contribution in [3.8, 4) is 11.5 Å². The maximum Gasteiger partial charge on any atom is 0.220 e. The number of hydrogen-bond donors (Lipinski definition) is 1. The van der Waals surface area contributed by atoms with Crippen molar-refractivity contribution >= 4 is 5.91 Å². The normalized spacial score (nSPS) is 10.2. The number of rotatable bonds is 9. The third-order valence-corrected chi connectivity index (χ3v) is 3.94. The highest BCUT2D eigenvalue weighted by Crippen LogP contribution is 2.18. The maximum atomic E-state index is 11.9. The molecule has 4 nitrogen and oxygen atoms in total. The Bertz CT molecular complexity index is 638. The molecule has 0 bridgehead atoms. The van der Waals surface area contributed by atoms with Gasteiger partial charge in [-0.2, -0.15) is 0 Å². The number of para-hydroxylation sites is 1. The Balaban J connectivity index is 1.66. The van der Waals surface area contributed by atoms with E-state index >= 15 is 0 Å². The number of carbonyl (C=O) groups is 1. The van der Waals surface area contributed by atoms with E-state index in [2.05, 4.69) is 11.4 Å². The summed E-state index contributed by atoms with van der Waals surface area (Å²) in [6.45, 7) is 0.680. The first kappa shape index (κ1) is 17.9. The Labute approximate surface area is 143 Å². The van der Waals surface area contributed by atoms with E-state index in [4.69, 9.17) is 9.47 Å². The third-order valence-electron chi connectivity index (χ3n) is 3.94. The van der Waals surface area contributed by atoms with Gasteiger partial charge in [0.25, 0.3) is 0 Å². The van der Waals surface area contributed by atoms with Crippen LogP contribution in [0, 0.1) is 0 Å². The van der Waals surface area contributed by atoms with Gasteiger partial charge in [-0.1, -0.05) is 30.3 Å². The molecule has 24 heavy (non-hydrogen) atoms. The molecule has 1 amide bonds. The molecule has 0 heterocycles. The fraction of sp³-hybridized carbons (Fsp3) is 0.350. The number of ether oxygens (including phenoxy) is 2. The van der Waals surface area contributed by atoms with E-state index < -0.39 is 0 Å². The van der Waals surface area contributed by atoms with Gasteiger partial charge in [0.15, 0.2) is 0 Å². The van der Waals surface area contributed by atoms with Crippen LogP contribution < -0.4 is 14.8 Å². The van der Waals surface area contributed by atoms with Crippen LogP contribution in [-0.4, -0.2) is 26.7 Å². The standard InChI is InChI=1S/C20H25NO3/c1-23-18-12-9-16(10-13-18)11-14-20(22)21-15-5-7-17-6-3-4-8-19(17)24-2/h3-4,6,8-10,12-13H,5,7,11,14-15H2,1-2H3,(H,21,22). The summed E-state index contributed by atoms with van der Waals surface area (Å²) in [6.07, 6.45) is 3.03. The molecule has 2 aromatic rings. The highest BCUT2D eigenvalue weighted by Gasteiger charge is 2.04. The van der Waals surface area contributed by atoms with E-state index in [0.717, 1.165) is 36.3 Å². The first-order valence-corrected chi connectivity index (χ1v) is 8.24. The van der Waals surface area contributed by atoms with Crippen LogP contribution in [-0.2, 0) is 17.6 Å². The van der Waals surface area contributed by atoms with E-state index in [1.165, 1.54) is 5.56 Å². The van der Waals surface area contributed by atoms with Crippen molar-refractivity contribution < 1.29 is 14.3 Å². The zero-order valence-electron chi connectivity index (χ0n) is 14.4. The Kier molecular flexibility index (Phi) is 7.15. The minimum Gasteiger partial charge on any atom is -0.497 e. The Hall–Kier alpha value is -2.49. The van der Waals surface area contributed by atoms with Crippen LogP contribution in [0.1, 0.15) is 24.0 Å². The lowest BCUT2D eigenvalue weighted by molar-refractivity contribution is -0.121. The molecule has 0 saturated heterocycles. The second kappa shape index (κ2) is 9.60. The number of nitrogens with one attached hydrogen (secondary N) is 1. The van der Waals surface area contributed by atoms with Crippen molar-refractivity contribution in [2.24, 2.45) is 0 Å². The van der Waals surface area contributed by atoms with E-state index in [9.17, 15) is 4.79 Å². The molecular formula is C20H25NO3. The molecule has 0 unspecified atom stereocenters. The van der Waals surface area contributed by atoms with Crippen LogP contribution in [0.25, 0.3) is 0 Å². The van der Waals surface area contributed by atoms with Gasteiger partial charge >= 0.3 is 0 Å². The van der Waals surface area contributed by atoms with Crippen molar-refractivity contribution in [1.82, 2.24) is 5.32 Å². The molecule has 0 spiro atoms. The van der Waals surface area contributed by atoms with Crippen molar-refractivity contribution in [2.45, 2.75) is 25.7 Å². The number of hydrogen-bond acceptors (Lipinski definition) is 3. The van der Waals surface area contributed by atoms with Gasteiger partial charge in [-0.05, 0) is 48.6 Å². The monoisotopic (exact) mass is 327 g/mol. The lowest BCUT2D eigenvalue weighted by Gasteiger charge is -2.09. The predicted octanol–water partition coefficient (Wildman–Crippen LogP) is 3.39. The molecular weight excluding hydrogens is 302 g/mol. The smallest absolute Gasteiger partial charge is 0.220 e. The van der Waals surface area contributed by atoms with Crippen LogP contribution >= 0.6 is 0 Å². The van der Waals surface area contributed by atoms with Gasteiger partial charge in [-0.15, -0.1) is 0 Å². The summed E-state index contributed by atoms with van der Waals surface area (Å²) in [6, 6.07) is 15.8. The van der Waals surface area contributed by atoms with Crippen LogP contribution in [0.15, 0.2) is 48.5 Å². The summed E-state index contributed by atoms with van der Waals surface area (Å²) in [5.41, 5.74) is 2.31. The number of amides is 1. The third kappa shape index (κ3) is 5.61. The highest BCUT2D eigenvalue weighted by molar-refractivity contribution is 5.76. The van der Waals surface area contributed by atoms with E-state index in [1.807, 2.05) is 42.5 Å². The van der Waals surface area contributed by atoms with Crippen LogP contribution in [0.4, 0.5) is 0 Å². The summed E-state index contributed by atoms with van der Waals surface area (Å²) in [4.78, 5) is 11.9. The quantitative estimate of drug-likeness (QED) is 0.718. The number of benzene rings is 2. The summed E-state index contributed by atoms with van der Waals surface area (Å²) in [5.74, 6) is 1.83. The topological polar surface area (TPSA) is 47.6 Å². The van der Waals surface area contributed by atoms with Gasteiger partial charge in [-0.25, -0.2) is 0 Å². The second-order valence-electron chi connectivity index (χ2n) is 5.61. The van der Waals surface area contributed by atoms with Gasteiger partial charge in [0, 0.05) is 13.0 Å². The van der Waals surface area contributed by atoms with Gasteiger partial charge in [0.05, 0.1) is 14.2 Å². The minimum atomic E-state index is 0.0887. The molecule has 0 aliphatic rings. The summed E-state index contributed by atoms with van der Waals surface area (Å²) < 4.78 is 10.5. The molecule has 0 saturated carbocycles. The summed E-state index contributed by atoms with van der Waals surface area (Å²) in [7, 11) is 3.33. The highest BCUT2D eigenvalue weighted by atomic mass is 16.5. The van der Waals surface area contributed by atoms with Gasteiger partial charge in [-0.3, -0.25) is 4.79 Å². The fourth-order valence-electron chi connectivity index (χ4n) is 2.55. The maximum absolute atomic E-state index is 11.9. The average Bonchev–Trinajstić information content (AvgIpc) is 2.64. The fourth-order valence-corrected chi connectivity index (χ4v) is 2.55. The van der Waals surface area contributed by atoms with E-state index in [1.54, 1.807) is 14.2 Å². The van der Waals surface area contributed by atoms with Crippen LogP contribution in [0.3, 0.4) is 0 Å². The molecule has 0 aliphatic heterocycles. The average molecular weight is 327 g/mol. The molecule has 1 N–H and O–H groups in total. The lowest BCUT2D eigenvalue weighted by Crippen LogP contribution is -2.25. The Morgan fingerprint density at radius 3 is 2.42 bits per heavy atom. The van der Waals surface area contributed by atoms with Crippen molar-refractivity contribution in [1.29, 1.82) is 0 Å². The molecule has 0 aromatic heterocycles. The van der Waals surface area contributed by atoms with Gasteiger partial charge < -0.3 is 14.8 Å². The van der Waals surface area contributed by atoms with E-state index in [0.29, 0.717) is 13.0 Å². The molecule has 0 radical (unpaired) electrons. The first-order chi connectivity index (χ1) is 11.7. The number of methoxy groups -OCH3 is 2. The van der Waals surface area contributed by atoms with Crippen molar-refractivity contribution in [3.63, 3.8) is 0 Å². The molecule has 0 fully saturated rings. The lowest BCUT2D eigenvalue weighted by atomic mass is 10.1. The Morgan fingerprint density at radius 2 is 1.71 bits per heavy atom. The zero-order chi connectivity index (χ0) is 17.2. The minimum absolute atomic E-state index is 0.0887. The van der Waals surface area contributed by atoms with Gasteiger partial charge in [0.1, 0.15) is 11.5 Å². The predicted molar refractivity (Wildman–Crippen MR) is 95.6 cm³/mol. The molecule has 2 aromatic carbocycles. The number of carbonyl (C=O) groups excluding carboxylic acids is 1. The molecule has 0 atom stereocenters. The van der Waals surface area contributed by atoms with E-state index in [-0.39, 0.29) is 5.91 Å². The summed E-state index contributed by atoms with van der Waals surface area (Å²) >= 11 is 0. The van der Waals surface area contributed by atoms with Crippen molar-refractivity contribution in [2.75, 3.05) is 20.8 Å². The second-order valence-corrected chi connectivity index (χ2v) is 5.61. The SMILES string of the molecule is COc1ccc(CCC(=O)NCCCc2ccccc2OC)cc1. The van der Waals surface area contributed by atoms with Crippen LogP contribution in [0.5, 0.6) is 11.5 Å². The molecule has 4 heteroatoms. The first-order valence-electron chi connectivity index (χ1n) is 8.24.